The van der Waals surface area contributed by atoms with Crippen molar-refractivity contribution in [1.82, 2.24) is 4.90 Å². The number of benzene rings is 2. The summed E-state index contributed by atoms with van der Waals surface area (Å²) in [6.07, 6.45) is -3.41. The van der Waals surface area contributed by atoms with Gasteiger partial charge < -0.3 is 5.11 Å². The van der Waals surface area contributed by atoms with Crippen LogP contribution in [0.1, 0.15) is 18.4 Å². The highest BCUT2D eigenvalue weighted by molar-refractivity contribution is 5.87. The molecule has 2 aromatic carbocycles. The van der Waals surface area contributed by atoms with Gasteiger partial charge in [0.25, 0.3) is 0 Å². The van der Waals surface area contributed by atoms with Gasteiger partial charge in [-0.1, -0.05) is 30.3 Å². The van der Waals surface area contributed by atoms with Crippen LogP contribution in [0.25, 0.3) is 10.8 Å². The number of rotatable bonds is 2. The predicted octanol–water partition coefficient (Wildman–Crippen LogP) is 4.32. The molecule has 0 radical (unpaired) electrons. The minimum absolute atomic E-state index is 0.00611. The summed E-state index contributed by atoms with van der Waals surface area (Å²) in [6, 6.07) is 11.1. The van der Waals surface area contributed by atoms with Crippen molar-refractivity contribution in [1.29, 1.82) is 0 Å². The molecule has 1 saturated heterocycles. The van der Waals surface area contributed by atoms with Gasteiger partial charge >= 0.3 is 6.18 Å². The Morgan fingerprint density at radius 3 is 2.68 bits per heavy atom. The van der Waals surface area contributed by atoms with E-state index in [4.69, 9.17) is 0 Å². The number of piperidine rings is 1. The normalized spacial score (nSPS) is 20.4. The largest absolute Gasteiger partial charge is 0.508 e. The lowest BCUT2D eigenvalue weighted by molar-refractivity contribution is -0.187. The fraction of sp³-hybridized carbons (Fsp3) is 0.412. The average molecular weight is 309 g/mol. The van der Waals surface area contributed by atoms with Gasteiger partial charge in [-0.05, 0) is 36.2 Å². The Morgan fingerprint density at radius 2 is 1.91 bits per heavy atom. The summed E-state index contributed by atoms with van der Waals surface area (Å²) < 4.78 is 38.7. The van der Waals surface area contributed by atoms with Crippen molar-refractivity contribution in [2.45, 2.75) is 25.6 Å². The minimum atomic E-state index is -4.14. The van der Waals surface area contributed by atoms with Gasteiger partial charge in [0.05, 0.1) is 5.92 Å². The SMILES string of the molecule is Oc1ccc2ccccc2c1CN1CCC[C@@H](C(F)(F)F)C1. The Labute approximate surface area is 127 Å². The van der Waals surface area contributed by atoms with Gasteiger partial charge in [-0.2, -0.15) is 13.2 Å². The quantitative estimate of drug-likeness (QED) is 0.893. The van der Waals surface area contributed by atoms with Crippen molar-refractivity contribution in [3.05, 3.63) is 42.0 Å². The molecule has 0 amide bonds. The first-order chi connectivity index (χ1) is 10.4. The highest BCUT2D eigenvalue weighted by atomic mass is 19.4. The number of halogens is 3. The van der Waals surface area contributed by atoms with Gasteiger partial charge in [0.2, 0.25) is 0 Å². The van der Waals surface area contributed by atoms with Crippen molar-refractivity contribution < 1.29 is 18.3 Å². The van der Waals surface area contributed by atoms with E-state index in [0.29, 0.717) is 25.1 Å². The predicted molar refractivity (Wildman–Crippen MR) is 79.7 cm³/mol. The van der Waals surface area contributed by atoms with Gasteiger partial charge in [0.15, 0.2) is 0 Å². The molecular weight excluding hydrogens is 291 g/mol. The highest BCUT2D eigenvalue weighted by Gasteiger charge is 2.41. The molecule has 1 fully saturated rings. The van der Waals surface area contributed by atoms with E-state index in [1.807, 2.05) is 30.3 Å². The molecule has 3 rings (SSSR count). The molecule has 1 aliphatic rings. The Kier molecular flexibility index (Phi) is 4.00. The summed E-state index contributed by atoms with van der Waals surface area (Å²) in [6.45, 7) is 0.987. The lowest BCUT2D eigenvalue weighted by Gasteiger charge is -2.34. The molecule has 1 aliphatic heterocycles. The molecule has 2 aromatic rings. The first-order valence-corrected chi connectivity index (χ1v) is 7.44. The zero-order valence-corrected chi connectivity index (χ0v) is 12.1. The fourth-order valence-corrected chi connectivity index (χ4v) is 3.18. The molecule has 5 heteroatoms. The monoisotopic (exact) mass is 309 g/mol. The number of fused-ring (bicyclic) bond motifs is 1. The number of alkyl halides is 3. The summed E-state index contributed by atoms with van der Waals surface area (Å²) in [5.74, 6) is -1.12. The molecule has 0 saturated carbocycles. The Hall–Kier alpha value is -1.75. The van der Waals surface area contributed by atoms with Crippen LogP contribution in [0.4, 0.5) is 13.2 Å². The highest BCUT2D eigenvalue weighted by Crippen LogP contribution is 2.35. The third-order valence-corrected chi connectivity index (χ3v) is 4.37. The van der Waals surface area contributed by atoms with Crippen molar-refractivity contribution in [2.75, 3.05) is 13.1 Å². The number of phenolic OH excluding ortho intramolecular Hbond substituents is 1. The van der Waals surface area contributed by atoms with Crippen molar-refractivity contribution in [2.24, 2.45) is 5.92 Å². The first kappa shape index (κ1) is 15.2. The summed E-state index contributed by atoms with van der Waals surface area (Å²) in [7, 11) is 0. The Balaban J connectivity index is 1.85. The second kappa shape index (κ2) is 5.80. The van der Waals surface area contributed by atoms with E-state index in [1.54, 1.807) is 11.0 Å². The van der Waals surface area contributed by atoms with Gasteiger partial charge in [0.1, 0.15) is 5.75 Å². The van der Waals surface area contributed by atoms with Crippen molar-refractivity contribution in [3.63, 3.8) is 0 Å². The van der Waals surface area contributed by atoms with Gasteiger partial charge in [0, 0.05) is 18.7 Å². The van der Waals surface area contributed by atoms with Gasteiger partial charge in [-0.25, -0.2) is 0 Å². The number of phenols is 1. The number of aromatic hydroxyl groups is 1. The zero-order valence-electron chi connectivity index (χ0n) is 12.1. The van der Waals surface area contributed by atoms with Crippen molar-refractivity contribution in [3.8, 4) is 5.75 Å². The van der Waals surface area contributed by atoms with E-state index in [9.17, 15) is 18.3 Å². The Morgan fingerprint density at radius 1 is 1.14 bits per heavy atom. The summed E-state index contributed by atoms with van der Waals surface area (Å²) in [4.78, 5) is 1.79. The summed E-state index contributed by atoms with van der Waals surface area (Å²) in [5, 5.41) is 12.0. The maximum atomic E-state index is 12.9. The second-order valence-electron chi connectivity index (χ2n) is 5.90. The van der Waals surface area contributed by atoms with E-state index in [2.05, 4.69) is 0 Å². The molecule has 1 atom stereocenters. The maximum Gasteiger partial charge on any atom is 0.393 e. The first-order valence-electron chi connectivity index (χ1n) is 7.44. The molecule has 0 bridgehead atoms. The lowest BCUT2D eigenvalue weighted by Crippen LogP contribution is -2.41. The summed E-state index contributed by atoms with van der Waals surface area (Å²) >= 11 is 0. The molecular formula is C17H18F3NO. The third kappa shape index (κ3) is 3.04. The zero-order chi connectivity index (χ0) is 15.7. The van der Waals surface area contributed by atoms with E-state index in [1.165, 1.54) is 0 Å². The standard InChI is InChI=1S/C17H18F3NO/c18-17(19,20)13-5-3-9-21(10-13)11-15-14-6-2-1-4-12(14)7-8-16(15)22/h1-2,4,6-8,13,22H,3,5,9-11H2/t13-/m1/s1. The van der Waals surface area contributed by atoms with Gasteiger partial charge in [-0.15, -0.1) is 0 Å². The molecule has 2 nitrogen and oxygen atoms in total. The third-order valence-electron chi connectivity index (χ3n) is 4.37. The number of likely N-dealkylation sites (tertiary alicyclic amines) is 1. The van der Waals surface area contributed by atoms with E-state index in [0.717, 1.165) is 10.8 Å². The maximum absolute atomic E-state index is 12.9. The van der Waals surface area contributed by atoms with Crippen LogP contribution in [0.15, 0.2) is 36.4 Å². The van der Waals surface area contributed by atoms with E-state index in [-0.39, 0.29) is 18.7 Å². The molecule has 118 valence electrons. The number of nitrogens with zero attached hydrogens (tertiary/aromatic N) is 1. The van der Waals surface area contributed by atoms with Crippen LogP contribution in [0.5, 0.6) is 5.75 Å². The number of hydrogen-bond donors (Lipinski definition) is 1. The van der Waals surface area contributed by atoms with E-state index >= 15 is 0 Å². The van der Waals surface area contributed by atoms with Crippen LogP contribution in [0.3, 0.4) is 0 Å². The van der Waals surface area contributed by atoms with Gasteiger partial charge in [-0.3, -0.25) is 4.90 Å². The van der Waals surface area contributed by atoms with Crippen LogP contribution in [-0.2, 0) is 6.54 Å². The van der Waals surface area contributed by atoms with Crippen LogP contribution in [0.2, 0.25) is 0 Å². The molecule has 1 N–H and O–H groups in total. The van der Waals surface area contributed by atoms with E-state index < -0.39 is 12.1 Å². The van der Waals surface area contributed by atoms with Crippen LogP contribution in [-0.4, -0.2) is 29.3 Å². The van der Waals surface area contributed by atoms with Crippen molar-refractivity contribution >= 4 is 10.8 Å². The number of hydrogen-bond acceptors (Lipinski definition) is 2. The topological polar surface area (TPSA) is 23.5 Å². The van der Waals surface area contributed by atoms with Crippen LogP contribution < -0.4 is 0 Å². The second-order valence-corrected chi connectivity index (χ2v) is 5.90. The summed E-state index contributed by atoms with van der Waals surface area (Å²) in [5.41, 5.74) is 0.709. The Bertz CT molecular complexity index is 668. The minimum Gasteiger partial charge on any atom is -0.508 e. The lowest BCUT2D eigenvalue weighted by atomic mass is 9.96. The van der Waals surface area contributed by atoms with Crippen LogP contribution in [0, 0.1) is 5.92 Å². The fourth-order valence-electron chi connectivity index (χ4n) is 3.18. The molecule has 0 aromatic heterocycles. The molecule has 22 heavy (non-hydrogen) atoms. The smallest absolute Gasteiger partial charge is 0.393 e. The molecule has 0 aliphatic carbocycles. The molecule has 0 unspecified atom stereocenters. The molecule has 0 spiro atoms. The van der Waals surface area contributed by atoms with Crippen LogP contribution >= 0.6 is 0 Å². The average Bonchev–Trinajstić information content (AvgIpc) is 2.50. The molecule has 1 heterocycles.